The second kappa shape index (κ2) is 4.55. The summed E-state index contributed by atoms with van der Waals surface area (Å²) in [7, 11) is 1.33. The minimum atomic E-state index is -0.688. The van der Waals surface area contributed by atoms with Crippen molar-refractivity contribution in [3.05, 3.63) is 0 Å². The summed E-state index contributed by atoms with van der Waals surface area (Å²) in [6, 6.07) is -0.688. The Morgan fingerprint density at radius 2 is 2.56 bits per heavy atom. The number of carbonyl (C=O) groups is 1. The van der Waals surface area contributed by atoms with E-state index in [0.717, 1.165) is 0 Å². The number of hydrogen-bond donors (Lipinski definition) is 2. The molecule has 1 amide bonds. The van der Waals surface area contributed by atoms with Crippen LogP contribution in [0.25, 0.3) is 0 Å². The molecule has 0 unspecified atom stereocenters. The molecule has 0 aromatic carbocycles. The molecule has 0 rings (SSSR count). The summed E-state index contributed by atoms with van der Waals surface area (Å²) < 4.78 is 0. The third kappa shape index (κ3) is 3.29. The maximum Gasteiger partial charge on any atom is 0.261 e. The molecule has 0 heterocycles. The lowest BCUT2D eigenvalue weighted by Crippen LogP contribution is -2.41. The number of halogens is 1. The summed E-state index contributed by atoms with van der Waals surface area (Å²) >= 11 is 5.24. The molecule has 9 heavy (non-hydrogen) atoms. The van der Waals surface area contributed by atoms with Crippen molar-refractivity contribution in [2.75, 3.05) is 13.0 Å². The molecule has 4 nitrogen and oxygen atoms in total. The van der Waals surface area contributed by atoms with E-state index in [9.17, 15) is 4.79 Å². The van der Waals surface area contributed by atoms with Crippen molar-refractivity contribution in [2.24, 2.45) is 5.73 Å². The van der Waals surface area contributed by atoms with Crippen LogP contribution in [0.3, 0.4) is 0 Å². The second-order valence-electron chi connectivity index (χ2n) is 1.43. The van der Waals surface area contributed by atoms with E-state index < -0.39 is 11.9 Å². The van der Waals surface area contributed by atoms with Crippen LogP contribution >= 0.6 is 11.6 Å². The number of nitrogens with one attached hydrogen (secondary N) is 1. The van der Waals surface area contributed by atoms with Gasteiger partial charge in [-0.3, -0.25) is 9.63 Å². The molecule has 1 atom stereocenters. The van der Waals surface area contributed by atoms with Crippen molar-refractivity contribution in [3.8, 4) is 0 Å². The first-order chi connectivity index (χ1) is 4.22. The van der Waals surface area contributed by atoms with E-state index in [-0.39, 0.29) is 5.88 Å². The summed E-state index contributed by atoms with van der Waals surface area (Å²) in [5, 5.41) is 0. The maximum absolute atomic E-state index is 10.5. The SMILES string of the molecule is CONC(=O)[C@@H](N)CCl. The van der Waals surface area contributed by atoms with Crippen LogP contribution in [-0.4, -0.2) is 24.9 Å². The van der Waals surface area contributed by atoms with E-state index in [2.05, 4.69) is 4.84 Å². The molecule has 0 bridgehead atoms. The van der Waals surface area contributed by atoms with Gasteiger partial charge in [-0.25, -0.2) is 5.48 Å². The van der Waals surface area contributed by atoms with Crippen LogP contribution in [0, 0.1) is 0 Å². The van der Waals surface area contributed by atoms with Gasteiger partial charge in [0.15, 0.2) is 0 Å². The highest BCUT2D eigenvalue weighted by atomic mass is 35.5. The first-order valence-electron chi connectivity index (χ1n) is 2.36. The van der Waals surface area contributed by atoms with Crippen LogP contribution in [0.5, 0.6) is 0 Å². The number of amides is 1. The van der Waals surface area contributed by atoms with Gasteiger partial charge < -0.3 is 5.73 Å². The molecule has 0 fully saturated rings. The highest BCUT2D eigenvalue weighted by molar-refractivity contribution is 6.19. The summed E-state index contributed by atoms with van der Waals surface area (Å²) in [6.45, 7) is 0. The van der Waals surface area contributed by atoms with Crippen LogP contribution in [0.15, 0.2) is 0 Å². The van der Waals surface area contributed by atoms with Crippen molar-refractivity contribution in [1.82, 2.24) is 5.48 Å². The Morgan fingerprint density at radius 3 is 2.89 bits per heavy atom. The Morgan fingerprint density at radius 1 is 2.00 bits per heavy atom. The molecule has 5 heteroatoms. The normalized spacial score (nSPS) is 12.8. The average molecular weight is 153 g/mol. The van der Waals surface area contributed by atoms with Crippen molar-refractivity contribution in [3.63, 3.8) is 0 Å². The zero-order chi connectivity index (χ0) is 7.28. The number of alkyl halides is 1. The van der Waals surface area contributed by atoms with Crippen molar-refractivity contribution in [2.45, 2.75) is 6.04 Å². The molecule has 0 radical (unpaired) electrons. The zero-order valence-electron chi connectivity index (χ0n) is 5.06. The summed E-state index contributed by atoms with van der Waals surface area (Å²) in [6.07, 6.45) is 0. The molecule has 3 N–H and O–H groups in total. The predicted molar refractivity (Wildman–Crippen MR) is 33.8 cm³/mol. The van der Waals surface area contributed by atoms with Crippen LogP contribution in [0.2, 0.25) is 0 Å². The molecule has 0 aromatic rings. The Bertz CT molecular complexity index is 98.6. The fourth-order valence-electron chi connectivity index (χ4n) is 0.246. The topological polar surface area (TPSA) is 64.3 Å². The second-order valence-corrected chi connectivity index (χ2v) is 1.74. The molecule has 0 aliphatic heterocycles. The fraction of sp³-hybridized carbons (Fsp3) is 0.750. The lowest BCUT2D eigenvalue weighted by atomic mass is 10.3. The highest BCUT2D eigenvalue weighted by Crippen LogP contribution is 1.82. The van der Waals surface area contributed by atoms with Crippen molar-refractivity contribution < 1.29 is 9.63 Å². The maximum atomic E-state index is 10.5. The molecule has 0 aromatic heterocycles. The van der Waals surface area contributed by atoms with E-state index in [1.54, 1.807) is 0 Å². The minimum absolute atomic E-state index is 0.0925. The third-order valence-corrected chi connectivity index (χ3v) is 1.04. The summed E-state index contributed by atoms with van der Waals surface area (Å²) in [5.74, 6) is -0.317. The Kier molecular flexibility index (Phi) is 4.39. The van der Waals surface area contributed by atoms with Crippen LogP contribution in [-0.2, 0) is 9.63 Å². The summed E-state index contributed by atoms with van der Waals surface area (Å²) in [5.41, 5.74) is 7.23. The van der Waals surface area contributed by atoms with Crippen LogP contribution in [0.4, 0.5) is 0 Å². The monoisotopic (exact) mass is 152 g/mol. The largest absolute Gasteiger partial charge is 0.319 e. The van der Waals surface area contributed by atoms with Gasteiger partial charge in [0.05, 0.1) is 13.2 Å². The van der Waals surface area contributed by atoms with Crippen molar-refractivity contribution in [1.29, 1.82) is 0 Å². The van der Waals surface area contributed by atoms with Gasteiger partial charge in [-0.2, -0.15) is 0 Å². The number of carbonyl (C=O) groups excluding carboxylic acids is 1. The molecular weight excluding hydrogens is 144 g/mol. The Balaban J connectivity index is 3.46. The average Bonchev–Trinajstić information content (AvgIpc) is 1.87. The molecule has 54 valence electrons. The first-order valence-corrected chi connectivity index (χ1v) is 2.90. The zero-order valence-corrected chi connectivity index (χ0v) is 5.81. The Hall–Kier alpha value is -0.320. The van der Waals surface area contributed by atoms with Gasteiger partial charge in [0.1, 0.15) is 0 Å². The van der Waals surface area contributed by atoms with Crippen molar-refractivity contribution >= 4 is 17.5 Å². The van der Waals surface area contributed by atoms with E-state index >= 15 is 0 Å². The third-order valence-electron chi connectivity index (χ3n) is 0.706. The van der Waals surface area contributed by atoms with Gasteiger partial charge >= 0.3 is 0 Å². The van der Waals surface area contributed by atoms with Crippen LogP contribution in [0.1, 0.15) is 0 Å². The van der Waals surface area contributed by atoms with Crippen LogP contribution < -0.4 is 11.2 Å². The predicted octanol–water partition coefficient (Wildman–Crippen LogP) is -0.770. The van der Waals surface area contributed by atoms with Gasteiger partial charge in [-0.05, 0) is 0 Å². The number of hydroxylamine groups is 1. The van der Waals surface area contributed by atoms with Gasteiger partial charge in [-0.15, -0.1) is 11.6 Å². The molecule has 0 spiro atoms. The van der Waals surface area contributed by atoms with E-state index in [4.69, 9.17) is 17.3 Å². The lowest BCUT2D eigenvalue weighted by molar-refractivity contribution is -0.132. The van der Waals surface area contributed by atoms with Gasteiger partial charge in [0, 0.05) is 5.88 Å². The van der Waals surface area contributed by atoms with Gasteiger partial charge in [0.2, 0.25) is 0 Å². The summed E-state index contributed by atoms with van der Waals surface area (Å²) in [4.78, 5) is 14.8. The number of rotatable bonds is 3. The molecule has 0 saturated carbocycles. The fourth-order valence-corrected chi connectivity index (χ4v) is 0.386. The number of hydrogen-bond acceptors (Lipinski definition) is 3. The quantitative estimate of drug-likeness (QED) is 0.412. The molecular formula is C4H9ClN2O2. The van der Waals surface area contributed by atoms with Gasteiger partial charge in [-0.1, -0.05) is 0 Å². The smallest absolute Gasteiger partial charge is 0.261 e. The highest BCUT2D eigenvalue weighted by Gasteiger charge is 2.09. The standard InChI is InChI=1S/C4H9ClN2O2/c1-9-7-4(8)3(6)2-5/h3H,2,6H2,1H3,(H,7,8)/t3-/m0/s1. The minimum Gasteiger partial charge on any atom is -0.319 e. The van der Waals surface area contributed by atoms with E-state index in [1.807, 2.05) is 5.48 Å². The van der Waals surface area contributed by atoms with E-state index in [0.29, 0.717) is 0 Å². The lowest BCUT2D eigenvalue weighted by Gasteiger charge is -2.05. The molecule has 0 aliphatic carbocycles. The Labute approximate surface area is 58.3 Å². The van der Waals surface area contributed by atoms with E-state index in [1.165, 1.54) is 7.11 Å². The van der Waals surface area contributed by atoms with Gasteiger partial charge in [0.25, 0.3) is 5.91 Å². The molecule has 0 saturated heterocycles. The number of nitrogens with two attached hydrogens (primary N) is 1. The first kappa shape index (κ1) is 8.68. The molecule has 0 aliphatic rings.